The lowest BCUT2D eigenvalue weighted by Crippen LogP contribution is -2.54. The van der Waals surface area contributed by atoms with Crippen LogP contribution in [0.25, 0.3) is 0 Å². The third-order valence-electron chi connectivity index (χ3n) is 6.39. The molecule has 1 aromatic rings. The van der Waals surface area contributed by atoms with Gasteiger partial charge in [-0.05, 0) is 57.0 Å². The molecule has 2 fully saturated rings. The highest BCUT2D eigenvalue weighted by atomic mass is 16.3. The summed E-state index contributed by atoms with van der Waals surface area (Å²) in [6.07, 6.45) is 1.56. The third-order valence-corrected chi connectivity index (χ3v) is 6.39. The predicted octanol–water partition coefficient (Wildman–Crippen LogP) is -0.320. The number of nitrogens with one attached hydrogen (secondary N) is 3. The fourth-order valence-corrected chi connectivity index (χ4v) is 4.38. The molecule has 0 saturated carbocycles. The Morgan fingerprint density at radius 1 is 1.17 bits per heavy atom. The largest absolute Gasteiger partial charge is 0.388 e. The van der Waals surface area contributed by atoms with Gasteiger partial charge in [-0.1, -0.05) is 6.07 Å². The van der Waals surface area contributed by atoms with E-state index in [-0.39, 0.29) is 30.0 Å². The molecule has 0 spiro atoms. The third kappa shape index (κ3) is 3.64. The zero-order chi connectivity index (χ0) is 21.5. The Morgan fingerprint density at radius 2 is 1.87 bits per heavy atom. The summed E-state index contributed by atoms with van der Waals surface area (Å²) in [5, 5.41) is 19.6. The van der Waals surface area contributed by atoms with Crippen LogP contribution >= 0.6 is 0 Å². The zero-order valence-electron chi connectivity index (χ0n) is 16.9. The van der Waals surface area contributed by atoms with Crippen molar-refractivity contribution in [1.29, 1.82) is 0 Å². The first-order valence-corrected chi connectivity index (χ1v) is 10.3. The minimum absolute atomic E-state index is 0.0926. The van der Waals surface area contributed by atoms with Gasteiger partial charge in [0.15, 0.2) is 0 Å². The number of imide groups is 2. The van der Waals surface area contributed by atoms with E-state index in [1.807, 2.05) is 6.92 Å². The van der Waals surface area contributed by atoms with E-state index in [4.69, 9.17) is 0 Å². The lowest BCUT2D eigenvalue weighted by Gasteiger charge is -2.38. The van der Waals surface area contributed by atoms with Crippen molar-refractivity contribution in [3.05, 3.63) is 34.9 Å². The van der Waals surface area contributed by atoms with Crippen LogP contribution in [-0.4, -0.2) is 64.4 Å². The second-order valence-electron chi connectivity index (χ2n) is 8.28. The van der Waals surface area contributed by atoms with Gasteiger partial charge in [-0.3, -0.25) is 29.4 Å². The number of hydrogen-bond acceptors (Lipinski definition) is 7. The molecule has 9 heteroatoms. The summed E-state index contributed by atoms with van der Waals surface area (Å²) in [6, 6.07) is 3.93. The Labute approximate surface area is 174 Å². The highest BCUT2D eigenvalue weighted by Gasteiger charge is 2.44. The molecule has 2 unspecified atom stereocenters. The number of benzene rings is 1. The normalized spacial score (nSPS) is 24.6. The van der Waals surface area contributed by atoms with Crippen LogP contribution in [0, 0.1) is 0 Å². The molecule has 30 heavy (non-hydrogen) atoms. The predicted molar refractivity (Wildman–Crippen MR) is 106 cm³/mol. The maximum atomic E-state index is 12.9. The molecule has 4 N–H and O–H groups in total. The summed E-state index contributed by atoms with van der Waals surface area (Å²) >= 11 is 0. The number of aliphatic hydroxyl groups is 1. The summed E-state index contributed by atoms with van der Waals surface area (Å²) < 4.78 is 0. The van der Waals surface area contributed by atoms with E-state index in [9.17, 15) is 24.3 Å². The van der Waals surface area contributed by atoms with Crippen LogP contribution in [0.15, 0.2) is 18.2 Å². The summed E-state index contributed by atoms with van der Waals surface area (Å²) in [7, 11) is 0. The lowest BCUT2D eigenvalue weighted by atomic mass is 9.85. The van der Waals surface area contributed by atoms with Gasteiger partial charge < -0.3 is 15.7 Å². The number of carbonyl (C=O) groups is 4. The lowest BCUT2D eigenvalue weighted by molar-refractivity contribution is -0.136. The average molecular weight is 414 g/mol. The van der Waals surface area contributed by atoms with Gasteiger partial charge in [0.05, 0.1) is 16.7 Å². The van der Waals surface area contributed by atoms with Crippen LogP contribution in [0.2, 0.25) is 0 Å². The first-order chi connectivity index (χ1) is 14.3. The van der Waals surface area contributed by atoms with Crippen molar-refractivity contribution < 1.29 is 24.3 Å². The van der Waals surface area contributed by atoms with Crippen molar-refractivity contribution in [3.8, 4) is 0 Å². The van der Waals surface area contributed by atoms with E-state index in [0.29, 0.717) is 19.4 Å². The van der Waals surface area contributed by atoms with E-state index in [1.165, 1.54) is 0 Å². The van der Waals surface area contributed by atoms with Gasteiger partial charge >= 0.3 is 0 Å². The number of carbonyl (C=O) groups excluding carboxylic acids is 4. The van der Waals surface area contributed by atoms with Gasteiger partial charge in [0.25, 0.3) is 11.8 Å². The Morgan fingerprint density at radius 3 is 2.57 bits per heavy atom. The van der Waals surface area contributed by atoms with Crippen LogP contribution in [0.4, 0.5) is 0 Å². The minimum atomic E-state index is -0.967. The summed E-state index contributed by atoms with van der Waals surface area (Å²) in [5.41, 5.74) is 0.552. The molecule has 9 nitrogen and oxygen atoms in total. The van der Waals surface area contributed by atoms with Crippen molar-refractivity contribution in [1.82, 2.24) is 20.9 Å². The first-order valence-electron chi connectivity index (χ1n) is 10.3. The van der Waals surface area contributed by atoms with Gasteiger partial charge in [-0.15, -0.1) is 0 Å². The van der Waals surface area contributed by atoms with E-state index >= 15 is 0 Å². The zero-order valence-corrected chi connectivity index (χ0v) is 16.9. The maximum Gasteiger partial charge on any atom is 0.262 e. The molecule has 0 aromatic heterocycles. The molecule has 1 aromatic carbocycles. The number of fused-ring (bicyclic) bond motifs is 1. The Balaban J connectivity index is 1.47. The number of rotatable bonds is 5. The van der Waals surface area contributed by atoms with Crippen LogP contribution in [0.3, 0.4) is 0 Å². The average Bonchev–Trinajstić information content (AvgIpc) is 2.97. The number of nitrogens with zero attached hydrogens (tertiary/aromatic N) is 1. The van der Waals surface area contributed by atoms with E-state index < -0.39 is 35.3 Å². The van der Waals surface area contributed by atoms with Gasteiger partial charge in [0, 0.05) is 19.0 Å². The summed E-state index contributed by atoms with van der Waals surface area (Å²) in [4.78, 5) is 50.1. The van der Waals surface area contributed by atoms with Crippen LogP contribution in [0.1, 0.15) is 58.9 Å². The molecule has 0 aliphatic carbocycles. The second kappa shape index (κ2) is 7.90. The van der Waals surface area contributed by atoms with Crippen molar-refractivity contribution >= 4 is 23.6 Å². The Hall–Kier alpha value is -2.62. The first kappa shape index (κ1) is 20.6. The van der Waals surface area contributed by atoms with Gasteiger partial charge in [-0.25, -0.2) is 0 Å². The summed E-state index contributed by atoms with van der Waals surface area (Å²) in [5.74, 6) is -2.05. The molecule has 2 atom stereocenters. The highest BCUT2D eigenvalue weighted by Crippen LogP contribution is 2.28. The smallest absolute Gasteiger partial charge is 0.262 e. The fraction of sp³-hybridized carbons (Fsp3) is 0.524. The molecular weight excluding hydrogens is 388 g/mol. The maximum absolute atomic E-state index is 12.9. The van der Waals surface area contributed by atoms with E-state index in [2.05, 4.69) is 16.0 Å². The molecule has 4 rings (SSSR count). The van der Waals surface area contributed by atoms with Gasteiger partial charge in [0.1, 0.15) is 6.04 Å². The molecule has 0 radical (unpaired) electrons. The van der Waals surface area contributed by atoms with E-state index in [1.54, 1.807) is 18.2 Å². The molecule has 4 amide bonds. The standard InChI is InChI=1S/C21H26N4O5/c1-12(21(30)6-8-22-9-7-21)23-11-13-2-3-14-15(10-13)20(29)25(19(14)28)16-4-5-17(26)24-18(16)27/h2-3,10,12,16,22-23,30H,4-9,11H2,1H3,(H,24,26,27). The van der Waals surface area contributed by atoms with Gasteiger partial charge in [-0.2, -0.15) is 0 Å². The topological polar surface area (TPSA) is 128 Å². The van der Waals surface area contributed by atoms with Crippen LogP contribution in [0.5, 0.6) is 0 Å². The highest BCUT2D eigenvalue weighted by molar-refractivity contribution is 6.23. The quantitative estimate of drug-likeness (QED) is 0.486. The van der Waals surface area contributed by atoms with Gasteiger partial charge in [0.2, 0.25) is 11.8 Å². The fourth-order valence-electron chi connectivity index (χ4n) is 4.38. The van der Waals surface area contributed by atoms with Crippen LogP contribution < -0.4 is 16.0 Å². The van der Waals surface area contributed by atoms with E-state index in [0.717, 1.165) is 23.6 Å². The molecule has 3 heterocycles. The minimum Gasteiger partial charge on any atom is -0.388 e. The number of hydrogen-bond donors (Lipinski definition) is 4. The van der Waals surface area contributed by atoms with Crippen molar-refractivity contribution in [2.75, 3.05) is 13.1 Å². The number of amides is 4. The molecular formula is C21H26N4O5. The molecule has 2 saturated heterocycles. The Bertz CT molecular complexity index is 909. The summed E-state index contributed by atoms with van der Waals surface area (Å²) in [6.45, 7) is 3.92. The van der Waals surface area contributed by atoms with Crippen LogP contribution in [-0.2, 0) is 16.1 Å². The monoisotopic (exact) mass is 414 g/mol. The molecule has 0 bridgehead atoms. The van der Waals surface area contributed by atoms with Crippen molar-refractivity contribution in [3.63, 3.8) is 0 Å². The SMILES string of the molecule is CC(NCc1ccc2c(c1)C(=O)N(C1CCC(=O)NC1=O)C2=O)C1(O)CCNCC1. The van der Waals surface area contributed by atoms with Crippen molar-refractivity contribution in [2.24, 2.45) is 0 Å². The molecule has 3 aliphatic rings. The second-order valence-corrected chi connectivity index (χ2v) is 8.28. The Kier molecular flexibility index (Phi) is 5.44. The number of piperidine rings is 2. The van der Waals surface area contributed by atoms with Crippen molar-refractivity contribution in [2.45, 2.75) is 56.8 Å². The molecule has 160 valence electrons. The molecule has 3 aliphatic heterocycles.